The molecule has 156 valence electrons. The van der Waals surface area contributed by atoms with Crippen LogP contribution in [-0.2, 0) is 11.4 Å². The second kappa shape index (κ2) is 11.0. The number of nitrogens with one attached hydrogen (secondary N) is 1. The molecule has 1 amide bonds. The van der Waals surface area contributed by atoms with E-state index in [0.29, 0.717) is 18.9 Å². The molecule has 0 saturated carbocycles. The molecule has 3 aromatic rings. The lowest BCUT2D eigenvalue weighted by atomic mass is 10.1. The minimum absolute atomic E-state index is 0.0286. The molecule has 0 spiro atoms. The van der Waals surface area contributed by atoms with Crippen molar-refractivity contribution in [3.63, 3.8) is 0 Å². The van der Waals surface area contributed by atoms with Crippen molar-refractivity contribution >= 4 is 5.91 Å². The Bertz CT molecular complexity index is 897. The van der Waals surface area contributed by atoms with E-state index in [1.807, 2.05) is 74.8 Å². The normalized spacial score (nSPS) is 11.7. The highest BCUT2D eigenvalue weighted by atomic mass is 16.5. The molecular weight excluding hydrogens is 376 g/mol. The second-order valence-electron chi connectivity index (χ2n) is 7.23. The Labute approximate surface area is 178 Å². The molecule has 0 saturated heterocycles. The van der Waals surface area contributed by atoms with Crippen molar-refractivity contribution in [3.05, 3.63) is 96.1 Å². The zero-order chi connectivity index (χ0) is 21.2. The number of carbonyl (C=O) groups is 1. The number of carbonyl (C=O) groups excluding carboxylic acids is 1. The van der Waals surface area contributed by atoms with Crippen LogP contribution >= 0.6 is 0 Å². The van der Waals surface area contributed by atoms with Gasteiger partial charge in [0.2, 0.25) is 0 Å². The van der Waals surface area contributed by atoms with E-state index in [0.717, 1.165) is 16.9 Å². The smallest absolute Gasteiger partial charge is 0.258 e. The summed E-state index contributed by atoms with van der Waals surface area (Å²) in [6, 6.07) is 27.5. The van der Waals surface area contributed by atoms with Gasteiger partial charge in [-0.1, -0.05) is 60.7 Å². The van der Waals surface area contributed by atoms with E-state index in [4.69, 9.17) is 9.47 Å². The van der Waals surface area contributed by atoms with Gasteiger partial charge in [0.15, 0.2) is 6.61 Å². The summed E-state index contributed by atoms with van der Waals surface area (Å²) in [7, 11) is 4.00. The molecule has 0 aromatic heterocycles. The predicted molar refractivity (Wildman–Crippen MR) is 119 cm³/mol. The van der Waals surface area contributed by atoms with Gasteiger partial charge in [-0.2, -0.15) is 0 Å². The fourth-order valence-electron chi connectivity index (χ4n) is 3.06. The molecule has 3 rings (SSSR count). The Hall–Kier alpha value is -3.31. The number of rotatable bonds is 10. The third-order valence-electron chi connectivity index (χ3n) is 4.74. The quantitative estimate of drug-likeness (QED) is 0.554. The number of likely N-dealkylation sites (N-methyl/N-ethyl adjacent to an activating group) is 1. The van der Waals surface area contributed by atoms with E-state index < -0.39 is 0 Å². The summed E-state index contributed by atoms with van der Waals surface area (Å²) in [4.78, 5) is 14.3. The first-order valence-corrected chi connectivity index (χ1v) is 9.99. The van der Waals surface area contributed by atoms with E-state index in [2.05, 4.69) is 22.3 Å². The van der Waals surface area contributed by atoms with Crippen molar-refractivity contribution in [1.29, 1.82) is 0 Å². The SMILES string of the molecule is CN(C)[C@@H](CNC(=O)COc1ccc(OCc2ccccc2)cc1)c1ccccc1. The van der Waals surface area contributed by atoms with E-state index in [9.17, 15) is 4.79 Å². The highest BCUT2D eigenvalue weighted by Gasteiger charge is 2.15. The van der Waals surface area contributed by atoms with Gasteiger partial charge in [-0.3, -0.25) is 4.79 Å². The van der Waals surface area contributed by atoms with Crippen LogP contribution in [-0.4, -0.2) is 38.1 Å². The van der Waals surface area contributed by atoms with Gasteiger partial charge in [-0.25, -0.2) is 0 Å². The van der Waals surface area contributed by atoms with E-state index in [1.165, 1.54) is 0 Å². The van der Waals surface area contributed by atoms with Gasteiger partial charge in [-0.15, -0.1) is 0 Å². The average molecular weight is 405 g/mol. The Morgan fingerprint density at radius 1 is 0.833 bits per heavy atom. The van der Waals surface area contributed by atoms with E-state index in [-0.39, 0.29) is 18.6 Å². The zero-order valence-corrected chi connectivity index (χ0v) is 17.5. The van der Waals surface area contributed by atoms with Gasteiger partial charge in [-0.05, 0) is 49.5 Å². The molecular formula is C25H28N2O3. The van der Waals surface area contributed by atoms with Crippen molar-refractivity contribution in [3.8, 4) is 11.5 Å². The number of hydrogen-bond acceptors (Lipinski definition) is 4. The maximum Gasteiger partial charge on any atom is 0.258 e. The van der Waals surface area contributed by atoms with Gasteiger partial charge in [0.25, 0.3) is 5.91 Å². The highest BCUT2D eigenvalue weighted by Crippen LogP contribution is 2.19. The molecule has 0 heterocycles. The van der Waals surface area contributed by atoms with Gasteiger partial charge < -0.3 is 19.7 Å². The lowest BCUT2D eigenvalue weighted by molar-refractivity contribution is -0.123. The highest BCUT2D eigenvalue weighted by molar-refractivity contribution is 5.77. The molecule has 3 aromatic carbocycles. The summed E-state index contributed by atoms with van der Waals surface area (Å²) >= 11 is 0. The number of benzene rings is 3. The van der Waals surface area contributed by atoms with Gasteiger partial charge in [0.05, 0.1) is 6.04 Å². The van der Waals surface area contributed by atoms with Crippen LogP contribution in [0.1, 0.15) is 17.2 Å². The average Bonchev–Trinajstić information content (AvgIpc) is 2.78. The third-order valence-corrected chi connectivity index (χ3v) is 4.74. The molecule has 0 radical (unpaired) electrons. The van der Waals surface area contributed by atoms with E-state index in [1.54, 1.807) is 12.1 Å². The first-order chi connectivity index (χ1) is 14.6. The summed E-state index contributed by atoms with van der Waals surface area (Å²) in [5.74, 6) is 1.24. The van der Waals surface area contributed by atoms with Crippen molar-refractivity contribution in [2.45, 2.75) is 12.6 Å². The Morgan fingerprint density at radius 2 is 1.40 bits per heavy atom. The van der Waals surface area contributed by atoms with Crippen LogP contribution in [0.2, 0.25) is 0 Å². The first-order valence-electron chi connectivity index (χ1n) is 9.99. The van der Waals surface area contributed by atoms with Crippen molar-refractivity contribution in [2.24, 2.45) is 0 Å². The summed E-state index contributed by atoms with van der Waals surface area (Å²) in [5, 5.41) is 2.95. The molecule has 5 nitrogen and oxygen atoms in total. The summed E-state index contributed by atoms with van der Waals surface area (Å²) in [6.07, 6.45) is 0. The standard InChI is InChI=1S/C25H28N2O3/c1-27(2)24(21-11-7-4-8-12-21)17-26-25(28)19-30-23-15-13-22(14-16-23)29-18-20-9-5-3-6-10-20/h3-16,24H,17-19H2,1-2H3,(H,26,28)/t24-/m0/s1. The van der Waals surface area contributed by atoms with Crippen LogP contribution in [0.5, 0.6) is 11.5 Å². The topological polar surface area (TPSA) is 50.8 Å². The maximum atomic E-state index is 12.2. The molecule has 0 unspecified atom stereocenters. The minimum atomic E-state index is -0.151. The maximum absolute atomic E-state index is 12.2. The molecule has 5 heteroatoms. The number of ether oxygens (including phenoxy) is 2. The molecule has 0 aliphatic rings. The van der Waals surface area contributed by atoms with Crippen LogP contribution in [0.3, 0.4) is 0 Å². The van der Waals surface area contributed by atoms with Gasteiger partial charge in [0, 0.05) is 6.54 Å². The Balaban J connectivity index is 1.43. The number of hydrogen-bond donors (Lipinski definition) is 1. The second-order valence-corrected chi connectivity index (χ2v) is 7.23. The predicted octanol–water partition coefficient (Wildman–Crippen LogP) is 4.06. The van der Waals surface area contributed by atoms with Crippen LogP contribution in [0.25, 0.3) is 0 Å². The molecule has 0 fully saturated rings. The molecule has 0 bridgehead atoms. The van der Waals surface area contributed by atoms with Crippen molar-refractivity contribution < 1.29 is 14.3 Å². The summed E-state index contributed by atoms with van der Waals surface area (Å²) in [6.45, 7) is 1.00. The van der Waals surface area contributed by atoms with Crippen LogP contribution < -0.4 is 14.8 Å². The fourth-order valence-corrected chi connectivity index (χ4v) is 3.06. The van der Waals surface area contributed by atoms with Gasteiger partial charge >= 0.3 is 0 Å². The first kappa shape index (κ1) is 21.4. The monoisotopic (exact) mass is 404 g/mol. The summed E-state index contributed by atoms with van der Waals surface area (Å²) < 4.78 is 11.4. The molecule has 0 aliphatic carbocycles. The van der Waals surface area contributed by atoms with Crippen LogP contribution in [0, 0.1) is 0 Å². The fraction of sp³-hybridized carbons (Fsp3) is 0.240. The van der Waals surface area contributed by atoms with Crippen LogP contribution in [0.15, 0.2) is 84.9 Å². The molecule has 0 aliphatic heterocycles. The number of nitrogens with zero attached hydrogens (tertiary/aromatic N) is 1. The van der Waals surface area contributed by atoms with Gasteiger partial charge in [0.1, 0.15) is 18.1 Å². The van der Waals surface area contributed by atoms with Crippen LogP contribution in [0.4, 0.5) is 0 Å². The third kappa shape index (κ3) is 6.64. The van der Waals surface area contributed by atoms with E-state index >= 15 is 0 Å². The number of amides is 1. The van der Waals surface area contributed by atoms with Crippen molar-refractivity contribution in [2.75, 3.05) is 27.2 Å². The Kier molecular flexibility index (Phi) is 7.86. The molecule has 30 heavy (non-hydrogen) atoms. The zero-order valence-electron chi connectivity index (χ0n) is 17.5. The largest absolute Gasteiger partial charge is 0.489 e. The molecule has 1 N–H and O–H groups in total. The molecule has 1 atom stereocenters. The Morgan fingerprint density at radius 3 is 2.00 bits per heavy atom. The minimum Gasteiger partial charge on any atom is -0.489 e. The lowest BCUT2D eigenvalue weighted by Crippen LogP contribution is -2.36. The summed E-state index contributed by atoms with van der Waals surface area (Å²) in [5.41, 5.74) is 2.27. The lowest BCUT2D eigenvalue weighted by Gasteiger charge is -2.25. The van der Waals surface area contributed by atoms with Crippen molar-refractivity contribution in [1.82, 2.24) is 10.2 Å².